The zero-order valence-corrected chi connectivity index (χ0v) is 18.7. The molecule has 0 aliphatic rings. The molecule has 0 aliphatic carbocycles. The molecule has 0 spiro atoms. The average Bonchev–Trinajstić information content (AvgIpc) is 2.82. The Labute approximate surface area is 189 Å². The highest BCUT2D eigenvalue weighted by atomic mass is 16.2. The maximum Gasteiger partial charge on any atom is 0.250 e. The number of nitrogens with zero attached hydrogens (tertiary/aromatic N) is 2. The maximum absolute atomic E-state index is 13.3. The summed E-state index contributed by atoms with van der Waals surface area (Å²) in [7, 11) is 3.59. The molecular weight excluding hydrogens is 398 g/mol. The van der Waals surface area contributed by atoms with Crippen molar-refractivity contribution in [1.29, 1.82) is 0 Å². The van der Waals surface area contributed by atoms with E-state index in [1.165, 1.54) is 6.34 Å². The standard InChI is InChI=1S/C27H29N3O2/c1-21(26(32)28-20-30(2)3)19-25(31)29-27(22-13-7-4-8-14-22,23-15-9-5-10-16-23)24-17-11-6-12-18-24/h4-18,20-21H,19H2,1-3H3,(H,29,31)/t21-/m1/s1. The van der Waals surface area contributed by atoms with Crippen LogP contribution in [0, 0.1) is 5.92 Å². The van der Waals surface area contributed by atoms with E-state index < -0.39 is 11.5 Å². The third-order valence-electron chi connectivity index (χ3n) is 5.28. The minimum absolute atomic E-state index is 0.0395. The molecule has 0 radical (unpaired) electrons. The molecule has 1 atom stereocenters. The van der Waals surface area contributed by atoms with E-state index in [-0.39, 0.29) is 18.2 Å². The smallest absolute Gasteiger partial charge is 0.250 e. The second-order valence-electron chi connectivity index (χ2n) is 8.05. The number of aliphatic imine (C=N–C) groups is 1. The molecule has 0 saturated carbocycles. The van der Waals surface area contributed by atoms with Gasteiger partial charge in [0.05, 0.1) is 6.34 Å². The topological polar surface area (TPSA) is 61.8 Å². The lowest BCUT2D eigenvalue weighted by atomic mass is 9.76. The van der Waals surface area contributed by atoms with Crippen molar-refractivity contribution in [3.63, 3.8) is 0 Å². The molecule has 32 heavy (non-hydrogen) atoms. The third kappa shape index (κ3) is 5.30. The Bertz CT molecular complexity index is 951. The van der Waals surface area contributed by atoms with Crippen LogP contribution in [0.1, 0.15) is 30.0 Å². The number of benzene rings is 3. The lowest BCUT2D eigenvalue weighted by Crippen LogP contribution is -2.48. The molecule has 0 aliphatic heterocycles. The monoisotopic (exact) mass is 427 g/mol. The van der Waals surface area contributed by atoms with E-state index in [1.54, 1.807) is 25.9 Å². The summed E-state index contributed by atoms with van der Waals surface area (Å²) in [4.78, 5) is 31.3. The van der Waals surface area contributed by atoms with Gasteiger partial charge in [0, 0.05) is 26.4 Å². The summed E-state index contributed by atoms with van der Waals surface area (Å²) in [5, 5.41) is 3.28. The SMILES string of the molecule is C[C@H](CC(=O)NC(c1ccccc1)(c1ccccc1)c1ccccc1)C(=O)N=CN(C)C. The molecule has 0 saturated heterocycles. The quantitative estimate of drug-likeness (QED) is 0.332. The molecule has 3 rings (SSSR count). The van der Waals surface area contributed by atoms with Crippen LogP contribution in [-0.4, -0.2) is 37.1 Å². The molecule has 0 bridgehead atoms. The normalized spacial score (nSPS) is 12.3. The Balaban J connectivity index is 2.02. The summed E-state index contributed by atoms with van der Waals surface area (Å²) < 4.78 is 0. The van der Waals surface area contributed by atoms with Crippen molar-refractivity contribution in [1.82, 2.24) is 10.2 Å². The van der Waals surface area contributed by atoms with Gasteiger partial charge in [0.25, 0.3) is 0 Å². The summed E-state index contributed by atoms with van der Waals surface area (Å²) in [5.74, 6) is -1.08. The van der Waals surface area contributed by atoms with Gasteiger partial charge < -0.3 is 10.2 Å². The first-order valence-corrected chi connectivity index (χ1v) is 10.7. The fraction of sp³-hybridized carbons (Fsp3) is 0.222. The van der Waals surface area contributed by atoms with Crippen LogP contribution < -0.4 is 5.32 Å². The molecule has 0 aromatic heterocycles. The summed E-state index contributed by atoms with van der Waals surface area (Å²) in [6.45, 7) is 1.73. The van der Waals surface area contributed by atoms with Gasteiger partial charge in [-0.25, -0.2) is 4.99 Å². The number of rotatable bonds is 8. The van der Waals surface area contributed by atoms with Crippen molar-refractivity contribution in [3.05, 3.63) is 108 Å². The molecule has 0 unspecified atom stereocenters. The highest BCUT2D eigenvalue weighted by molar-refractivity contribution is 5.90. The van der Waals surface area contributed by atoms with Crippen molar-refractivity contribution >= 4 is 18.2 Å². The van der Waals surface area contributed by atoms with Crippen LogP contribution >= 0.6 is 0 Å². The van der Waals surface area contributed by atoms with Gasteiger partial charge in [-0.15, -0.1) is 0 Å². The van der Waals surface area contributed by atoms with Crippen molar-refractivity contribution in [2.75, 3.05) is 14.1 Å². The van der Waals surface area contributed by atoms with Crippen LogP contribution in [0.3, 0.4) is 0 Å². The number of carbonyl (C=O) groups excluding carboxylic acids is 2. The van der Waals surface area contributed by atoms with E-state index in [1.807, 2.05) is 91.0 Å². The number of nitrogens with one attached hydrogen (secondary N) is 1. The van der Waals surface area contributed by atoms with Gasteiger partial charge in [0.15, 0.2) is 0 Å². The molecule has 3 aromatic carbocycles. The van der Waals surface area contributed by atoms with E-state index in [9.17, 15) is 9.59 Å². The fourth-order valence-corrected chi connectivity index (χ4v) is 3.71. The molecule has 3 aromatic rings. The summed E-state index contributed by atoms with van der Waals surface area (Å²) >= 11 is 0. The first kappa shape index (κ1) is 22.9. The molecule has 5 heteroatoms. The first-order chi connectivity index (χ1) is 15.4. The molecule has 1 N–H and O–H groups in total. The Hall–Kier alpha value is -3.73. The number of hydrogen-bond donors (Lipinski definition) is 1. The van der Waals surface area contributed by atoms with Crippen molar-refractivity contribution in [2.45, 2.75) is 18.9 Å². The Kier molecular flexibility index (Phi) is 7.55. The van der Waals surface area contributed by atoms with Crippen LogP contribution in [0.2, 0.25) is 0 Å². The van der Waals surface area contributed by atoms with E-state index in [4.69, 9.17) is 0 Å². The van der Waals surface area contributed by atoms with Crippen LogP contribution in [0.5, 0.6) is 0 Å². The van der Waals surface area contributed by atoms with Gasteiger partial charge in [-0.3, -0.25) is 9.59 Å². The van der Waals surface area contributed by atoms with Crippen molar-refractivity contribution < 1.29 is 9.59 Å². The van der Waals surface area contributed by atoms with Gasteiger partial charge in [0.2, 0.25) is 11.8 Å². The Morgan fingerprint density at radius 1 is 0.844 bits per heavy atom. The lowest BCUT2D eigenvalue weighted by molar-refractivity contribution is -0.128. The van der Waals surface area contributed by atoms with Crippen LogP contribution in [0.15, 0.2) is 96.0 Å². The molecule has 5 nitrogen and oxygen atoms in total. The zero-order chi connectivity index (χ0) is 23.0. The first-order valence-electron chi connectivity index (χ1n) is 10.7. The van der Waals surface area contributed by atoms with Gasteiger partial charge in [-0.05, 0) is 16.7 Å². The summed E-state index contributed by atoms with van der Waals surface area (Å²) in [6.07, 6.45) is 1.50. The molecular formula is C27H29N3O2. The average molecular weight is 428 g/mol. The van der Waals surface area contributed by atoms with E-state index in [0.29, 0.717) is 0 Å². The highest BCUT2D eigenvalue weighted by Crippen LogP contribution is 2.37. The van der Waals surface area contributed by atoms with E-state index in [2.05, 4.69) is 10.3 Å². The Morgan fingerprint density at radius 2 is 1.25 bits per heavy atom. The largest absolute Gasteiger partial charge is 0.369 e. The summed E-state index contributed by atoms with van der Waals surface area (Å²) in [6, 6.07) is 29.7. The van der Waals surface area contributed by atoms with Gasteiger partial charge in [-0.2, -0.15) is 0 Å². The van der Waals surface area contributed by atoms with Crippen LogP contribution in [-0.2, 0) is 15.1 Å². The van der Waals surface area contributed by atoms with E-state index in [0.717, 1.165) is 16.7 Å². The lowest BCUT2D eigenvalue weighted by Gasteiger charge is -2.37. The number of carbonyl (C=O) groups is 2. The van der Waals surface area contributed by atoms with Crippen LogP contribution in [0.25, 0.3) is 0 Å². The van der Waals surface area contributed by atoms with Gasteiger partial charge in [0.1, 0.15) is 5.54 Å². The minimum Gasteiger partial charge on any atom is -0.369 e. The molecule has 2 amide bonds. The van der Waals surface area contributed by atoms with Gasteiger partial charge in [-0.1, -0.05) is 97.9 Å². The fourth-order valence-electron chi connectivity index (χ4n) is 3.71. The molecule has 0 heterocycles. The molecule has 164 valence electrons. The Morgan fingerprint density at radius 3 is 1.62 bits per heavy atom. The van der Waals surface area contributed by atoms with Gasteiger partial charge >= 0.3 is 0 Å². The molecule has 0 fully saturated rings. The maximum atomic E-state index is 13.3. The highest BCUT2D eigenvalue weighted by Gasteiger charge is 2.38. The number of hydrogen-bond acceptors (Lipinski definition) is 2. The van der Waals surface area contributed by atoms with Crippen molar-refractivity contribution in [2.24, 2.45) is 10.9 Å². The minimum atomic E-state index is -0.892. The van der Waals surface area contributed by atoms with E-state index >= 15 is 0 Å². The second kappa shape index (κ2) is 10.5. The van der Waals surface area contributed by atoms with Crippen LogP contribution in [0.4, 0.5) is 0 Å². The second-order valence-corrected chi connectivity index (χ2v) is 8.05. The number of amides is 2. The zero-order valence-electron chi connectivity index (χ0n) is 18.7. The predicted octanol–water partition coefficient (Wildman–Crippen LogP) is 4.24. The predicted molar refractivity (Wildman–Crippen MR) is 128 cm³/mol. The van der Waals surface area contributed by atoms with Crippen molar-refractivity contribution in [3.8, 4) is 0 Å². The third-order valence-corrected chi connectivity index (χ3v) is 5.28. The summed E-state index contributed by atoms with van der Waals surface area (Å²) in [5.41, 5.74) is 1.93.